The molecular formula is C21H35BrN2O2. The van der Waals surface area contributed by atoms with E-state index in [2.05, 4.69) is 61.2 Å². The lowest BCUT2D eigenvalue weighted by atomic mass is 9.82. The Morgan fingerprint density at radius 3 is 2.23 bits per heavy atom. The van der Waals surface area contributed by atoms with E-state index in [0.29, 0.717) is 6.54 Å². The molecule has 1 aromatic carbocycles. The highest BCUT2D eigenvalue weighted by Gasteiger charge is 2.25. The Kier molecular flexibility index (Phi) is 7.73. The number of rotatable bonds is 7. The molecule has 0 unspecified atom stereocenters. The molecule has 2 N–H and O–H groups in total. The molecule has 0 aliphatic carbocycles. The highest BCUT2D eigenvalue weighted by Crippen LogP contribution is 2.28. The monoisotopic (exact) mass is 426 g/mol. The van der Waals surface area contributed by atoms with E-state index in [4.69, 9.17) is 4.74 Å². The van der Waals surface area contributed by atoms with Gasteiger partial charge in [-0.05, 0) is 64.7 Å². The highest BCUT2D eigenvalue weighted by atomic mass is 79.9. The van der Waals surface area contributed by atoms with Gasteiger partial charge in [0.05, 0.1) is 0 Å². The zero-order valence-electron chi connectivity index (χ0n) is 17.5. The van der Waals surface area contributed by atoms with Gasteiger partial charge < -0.3 is 15.4 Å². The molecule has 0 atom stereocenters. The van der Waals surface area contributed by atoms with Gasteiger partial charge in [-0.25, -0.2) is 0 Å². The lowest BCUT2D eigenvalue weighted by molar-refractivity contribution is -0.124. The van der Waals surface area contributed by atoms with Crippen LogP contribution in [0, 0.1) is 5.41 Å². The molecule has 0 bridgehead atoms. The minimum absolute atomic E-state index is 0.00144. The second-order valence-corrected chi connectivity index (χ2v) is 10.7. The first-order chi connectivity index (χ1) is 11.7. The molecule has 148 valence electrons. The SMILES string of the molecule is CC(C)(C)CC(C)(C)NCc1cc(Br)ccc1OCC(=O)NC(C)(C)C. The van der Waals surface area contributed by atoms with Crippen LogP contribution in [0.1, 0.15) is 67.4 Å². The van der Waals surface area contributed by atoms with E-state index in [1.165, 1.54) is 0 Å². The minimum atomic E-state index is -0.262. The second kappa shape index (κ2) is 8.75. The molecule has 0 saturated carbocycles. The zero-order valence-corrected chi connectivity index (χ0v) is 19.1. The number of nitrogens with one attached hydrogen (secondary N) is 2. The normalized spacial score (nSPS) is 12.8. The fourth-order valence-corrected chi connectivity index (χ4v) is 3.56. The van der Waals surface area contributed by atoms with Crippen LogP contribution in [-0.2, 0) is 11.3 Å². The van der Waals surface area contributed by atoms with Crippen LogP contribution in [0.3, 0.4) is 0 Å². The van der Waals surface area contributed by atoms with Gasteiger partial charge >= 0.3 is 0 Å². The first kappa shape index (κ1) is 23.0. The average Bonchev–Trinajstić information content (AvgIpc) is 2.39. The van der Waals surface area contributed by atoms with Crippen molar-refractivity contribution in [3.8, 4) is 5.75 Å². The molecule has 0 heterocycles. The maximum Gasteiger partial charge on any atom is 0.258 e. The summed E-state index contributed by atoms with van der Waals surface area (Å²) >= 11 is 3.52. The van der Waals surface area contributed by atoms with E-state index in [9.17, 15) is 4.79 Å². The number of hydrogen-bond acceptors (Lipinski definition) is 3. The molecule has 0 aromatic heterocycles. The highest BCUT2D eigenvalue weighted by molar-refractivity contribution is 9.10. The average molecular weight is 427 g/mol. The second-order valence-electron chi connectivity index (χ2n) is 9.81. The van der Waals surface area contributed by atoms with Crippen LogP contribution >= 0.6 is 15.9 Å². The molecule has 0 radical (unpaired) electrons. The fourth-order valence-electron chi connectivity index (χ4n) is 3.15. The summed E-state index contributed by atoms with van der Waals surface area (Å²) in [5, 5.41) is 6.54. The van der Waals surface area contributed by atoms with Gasteiger partial charge in [0.15, 0.2) is 6.61 Å². The summed E-state index contributed by atoms with van der Waals surface area (Å²) in [6.07, 6.45) is 1.05. The van der Waals surface area contributed by atoms with Crippen molar-refractivity contribution in [2.45, 2.75) is 79.4 Å². The van der Waals surface area contributed by atoms with Gasteiger partial charge in [-0.1, -0.05) is 36.7 Å². The Balaban J connectivity index is 2.77. The molecule has 5 heteroatoms. The lowest BCUT2D eigenvalue weighted by Crippen LogP contribution is -2.43. The summed E-state index contributed by atoms with van der Waals surface area (Å²) in [4.78, 5) is 12.0. The molecule has 0 spiro atoms. The summed E-state index contributed by atoms with van der Waals surface area (Å²) in [5.74, 6) is 0.615. The maximum absolute atomic E-state index is 12.0. The summed E-state index contributed by atoms with van der Waals surface area (Å²) in [6.45, 7) is 17.7. The largest absolute Gasteiger partial charge is 0.483 e. The molecule has 0 aliphatic rings. The van der Waals surface area contributed by atoms with Crippen LogP contribution in [0.5, 0.6) is 5.75 Å². The third-order valence-corrected chi connectivity index (χ3v) is 4.12. The quantitative estimate of drug-likeness (QED) is 0.641. The Morgan fingerprint density at radius 1 is 1.08 bits per heavy atom. The summed E-state index contributed by atoms with van der Waals surface area (Å²) in [7, 11) is 0. The summed E-state index contributed by atoms with van der Waals surface area (Å²) in [5.41, 5.74) is 1.02. The third kappa shape index (κ3) is 9.58. The summed E-state index contributed by atoms with van der Waals surface area (Å²) in [6, 6.07) is 5.88. The van der Waals surface area contributed by atoms with E-state index in [0.717, 1.165) is 22.2 Å². The fraction of sp³-hybridized carbons (Fsp3) is 0.667. The lowest BCUT2D eigenvalue weighted by Gasteiger charge is -2.33. The topological polar surface area (TPSA) is 50.4 Å². The van der Waals surface area contributed by atoms with E-state index in [-0.39, 0.29) is 29.0 Å². The standard InChI is InChI=1S/C21H35BrN2O2/c1-19(2,3)14-21(7,8)23-12-15-11-16(22)9-10-17(15)26-13-18(25)24-20(4,5)6/h9-11,23H,12-14H2,1-8H3,(H,24,25). The van der Waals surface area contributed by atoms with Crippen molar-refractivity contribution in [2.24, 2.45) is 5.41 Å². The van der Waals surface area contributed by atoms with Crippen molar-refractivity contribution in [3.63, 3.8) is 0 Å². The first-order valence-corrected chi connectivity index (χ1v) is 9.93. The van der Waals surface area contributed by atoms with Crippen molar-refractivity contribution in [3.05, 3.63) is 28.2 Å². The molecule has 4 nitrogen and oxygen atoms in total. The van der Waals surface area contributed by atoms with Crippen molar-refractivity contribution in [1.82, 2.24) is 10.6 Å². The molecule has 1 aromatic rings. The Labute approximate surface area is 167 Å². The van der Waals surface area contributed by atoms with Gasteiger partial charge in [0, 0.05) is 27.7 Å². The molecule has 0 fully saturated rings. The molecule has 26 heavy (non-hydrogen) atoms. The zero-order chi connectivity index (χ0) is 20.2. The van der Waals surface area contributed by atoms with Crippen molar-refractivity contribution in [1.29, 1.82) is 0 Å². The van der Waals surface area contributed by atoms with Gasteiger partial charge in [0.25, 0.3) is 5.91 Å². The van der Waals surface area contributed by atoms with Crippen LogP contribution < -0.4 is 15.4 Å². The van der Waals surface area contributed by atoms with E-state index in [1.54, 1.807) is 0 Å². The Hall–Kier alpha value is -1.07. The predicted octanol–water partition coefficient (Wildman–Crippen LogP) is 5.05. The number of halogens is 1. The van der Waals surface area contributed by atoms with Gasteiger partial charge in [-0.15, -0.1) is 0 Å². The Morgan fingerprint density at radius 2 is 1.69 bits per heavy atom. The first-order valence-electron chi connectivity index (χ1n) is 9.14. The smallest absolute Gasteiger partial charge is 0.258 e. The molecule has 1 rings (SSSR count). The van der Waals surface area contributed by atoms with Gasteiger partial charge in [-0.2, -0.15) is 0 Å². The number of hydrogen-bond donors (Lipinski definition) is 2. The maximum atomic E-state index is 12.0. The van der Waals surface area contributed by atoms with Crippen LogP contribution in [-0.4, -0.2) is 23.6 Å². The third-order valence-electron chi connectivity index (χ3n) is 3.63. The Bertz CT molecular complexity index is 613. The van der Waals surface area contributed by atoms with Crippen molar-refractivity contribution >= 4 is 21.8 Å². The van der Waals surface area contributed by atoms with Crippen LogP contribution in [0.25, 0.3) is 0 Å². The number of benzene rings is 1. The van der Waals surface area contributed by atoms with Crippen LogP contribution in [0.4, 0.5) is 0 Å². The van der Waals surface area contributed by atoms with E-state index in [1.807, 2.05) is 39.0 Å². The molecule has 0 saturated heterocycles. The molecule has 1 amide bonds. The number of amides is 1. The van der Waals surface area contributed by atoms with E-state index < -0.39 is 0 Å². The number of ether oxygens (including phenoxy) is 1. The number of carbonyl (C=O) groups is 1. The van der Waals surface area contributed by atoms with Crippen molar-refractivity contribution < 1.29 is 9.53 Å². The van der Waals surface area contributed by atoms with Crippen molar-refractivity contribution in [2.75, 3.05) is 6.61 Å². The molecule has 0 aliphatic heterocycles. The van der Waals surface area contributed by atoms with Crippen LogP contribution in [0.2, 0.25) is 0 Å². The molecular weight excluding hydrogens is 392 g/mol. The van der Waals surface area contributed by atoms with E-state index >= 15 is 0 Å². The van der Waals surface area contributed by atoms with Gasteiger partial charge in [0.2, 0.25) is 0 Å². The summed E-state index contributed by atoms with van der Waals surface area (Å²) < 4.78 is 6.79. The minimum Gasteiger partial charge on any atom is -0.483 e. The van der Waals surface area contributed by atoms with Gasteiger partial charge in [0.1, 0.15) is 5.75 Å². The number of carbonyl (C=O) groups excluding carboxylic acids is 1. The van der Waals surface area contributed by atoms with Gasteiger partial charge in [-0.3, -0.25) is 4.79 Å². The van der Waals surface area contributed by atoms with Crippen LogP contribution in [0.15, 0.2) is 22.7 Å². The predicted molar refractivity (Wildman–Crippen MR) is 113 cm³/mol.